The Morgan fingerprint density at radius 3 is 2.88 bits per heavy atom. The molecule has 7 nitrogen and oxygen atoms in total. The highest BCUT2D eigenvalue weighted by Crippen LogP contribution is 2.39. The second kappa shape index (κ2) is 5.79. The first-order valence-corrected chi connectivity index (χ1v) is 8.62. The summed E-state index contributed by atoms with van der Waals surface area (Å²) in [7, 11) is 0. The van der Waals surface area contributed by atoms with Gasteiger partial charge in [-0.2, -0.15) is 10.1 Å². The molecule has 1 aromatic carbocycles. The summed E-state index contributed by atoms with van der Waals surface area (Å²) in [5, 5.41) is 7.44. The SMILES string of the molecule is Cc1nc2ncc(C(=O)N[C@H]3CC(C)(C)Oc4ccccc43)c(C)n2n1. The molecule has 0 saturated heterocycles. The van der Waals surface area contributed by atoms with E-state index in [2.05, 4.69) is 20.4 Å². The molecule has 2 aromatic heterocycles. The number of carbonyl (C=O) groups excluding carboxylic acids is 1. The van der Waals surface area contributed by atoms with E-state index in [-0.39, 0.29) is 17.6 Å². The molecule has 0 radical (unpaired) electrons. The van der Waals surface area contributed by atoms with Gasteiger partial charge in [0.05, 0.1) is 17.3 Å². The summed E-state index contributed by atoms with van der Waals surface area (Å²) in [6, 6.07) is 7.69. The third-order valence-electron chi connectivity index (χ3n) is 4.64. The fourth-order valence-corrected chi connectivity index (χ4v) is 3.43. The van der Waals surface area contributed by atoms with Crippen LogP contribution in [-0.4, -0.2) is 31.1 Å². The van der Waals surface area contributed by atoms with Gasteiger partial charge in [0.15, 0.2) is 0 Å². The van der Waals surface area contributed by atoms with Crippen molar-refractivity contribution in [3.8, 4) is 5.75 Å². The fourth-order valence-electron chi connectivity index (χ4n) is 3.43. The summed E-state index contributed by atoms with van der Waals surface area (Å²) in [6.45, 7) is 7.70. The molecule has 1 aliphatic heterocycles. The Morgan fingerprint density at radius 2 is 2.08 bits per heavy atom. The van der Waals surface area contributed by atoms with Gasteiger partial charge in [-0.25, -0.2) is 9.50 Å². The van der Waals surface area contributed by atoms with Crippen LogP contribution in [0.4, 0.5) is 0 Å². The van der Waals surface area contributed by atoms with E-state index in [4.69, 9.17) is 4.74 Å². The molecule has 0 bridgehead atoms. The van der Waals surface area contributed by atoms with Crippen LogP contribution in [0.2, 0.25) is 0 Å². The summed E-state index contributed by atoms with van der Waals surface area (Å²) >= 11 is 0. The highest BCUT2D eigenvalue weighted by atomic mass is 16.5. The summed E-state index contributed by atoms with van der Waals surface area (Å²) in [4.78, 5) is 21.4. The van der Waals surface area contributed by atoms with E-state index < -0.39 is 0 Å². The van der Waals surface area contributed by atoms with Crippen molar-refractivity contribution in [2.24, 2.45) is 0 Å². The first kappa shape index (κ1) is 16.5. The number of ether oxygens (including phenoxy) is 1. The zero-order valence-electron chi connectivity index (χ0n) is 15.3. The van der Waals surface area contributed by atoms with Crippen LogP contribution in [0.15, 0.2) is 30.5 Å². The molecule has 3 aromatic rings. The van der Waals surface area contributed by atoms with Crippen molar-refractivity contribution < 1.29 is 9.53 Å². The monoisotopic (exact) mass is 351 g/mol. The van der Waals surface area contributed by atoms with Crippen LogP contribution < -0.4 is 10.1 Å². The second-order valence-corrected chi connectivity index (χ2v) is 7.26. The van der Waals surface area contributed by atoms with Gasteiger partial charge in [-0.3, -0.25) is 4.79 Å². The van der Waals surface area contributed by atoms with Gasteiger partial charge in [0.2, 0.25) is 0 Å². The average molecular weight is 351 g/mol. The zero-order chi connectivity index (χ0) is 18.5. The van der Waals surface area contributed by atoms with Gasteiger partial charge in [0, 0.05) is 18.2 Å². The standard InChI is InChI=1S/C19H21N5O2/c1-11-14(10-20-18-21-12(2)23-24(11)18)17(25)22-15-9-19(3,4)26-16-8-6-5-7-13(15)16/h5-8,10,15H,9H2,1-4H3,(H,22,25)/t15-/m0/s1. The van der Waals surface area contributed by atoms with Crippen LogP contribution >= 0.6 is 0 Å². The number of fused-ring (bicyclic) bond motifs is 2. The van der Waals surface area contributed by atoms with E-state index in [1.807, 2.05) is 45.0 Å². The molecule has 1 atom stereocenters. The third-order valence-corrected chi connectivity index (χ3v) is 4.64. The number of nitrogens with zero attached hydrogens (tertiary/aromatic N) is 4. The molecule has 1 N–H and O–H groups in total. The second-order valence-electron chi connectivity index (χ2n) is 7.26. The highest BCUT2D eigenvalue weighted by Gasteiger charge is 2.34. The number of nitrogens with one attached hydrogen (secondary N) is 1. The molecule has 4 rings (SSSR count). The van der Waals surface area contributed by atoms with Crippen molar-refractivity contribution in [2.75, 3.05) is 0 Å². The maximum absolute atomic E-state index is 13.0. The Balaban J connectivity index is 1.67. The number of carbonyl (C=O) groups is 1. The molecule has 7 heteroatoms. The van der Waals surface area contributed by atoms with E-state index in [0.717, 1.165) is 11.3 Å². The lowest BCUT2D eigenvalue weighted by molar-refractivity contribution is 0.0619. The summed E-state index contributed by atoms with van der Waals surface area (Å²) in [5.41, 5.74) is 1.84. The van der Waals surface area contributed by atoms with Gasteiger partial charge in [-0.05, 0) is 33.8 Å². The maximum atomic E-state index is 13.0. The largest absolute Gasteiger partial charge is 0.487 e. The summed E-state index contributed by atoms with van der Waals surface area (Å²) in [5.74, 6) is 1.75. The zero-order valence-corrected chi connectivity index (χ0v) is 15.3. The Morgan fingerprint density at radius 1 is 1.31 bits per heavy atom. The predicted octanol–water partition coefficient (Wildman–Crippen LogP) is 2.77. The molecule has 0 saturated carbocycles. The van der Waals surface area contributed by atoms with Gasteiger partial charge >= 0.3 is 0 Å². The topological polar surface area (TPSA) is 81.4 Å². The smallest absolute Gasteiger partial charge is 0.255 e. The Labute approximate surface area is 151 Å². The number of rotatable bonds is 2. The van der Waals surface area contributed by atoms with Crippen LogP contribution in [0, 0.1) is 13.8 Å². The van der Waals surface area contributed by atoms with Gasteiger partial charge in [-0.15, -0.1) is 0 Å². The van der Waals surface area contributed by atoms with Gasteiger partial charge < -0.3 is 10.1 Å². The molecule has 3 heterocycles. The van der Waals surface area contributed by atoms with Crippen molar-refractivity contribution >= 4 is 11.7 Å². The van der Waals surface area contributed by atoms with Crippen molar-refractivity contribution in [2.45, 2.75) is 45.8 Å². The maximum Gasteiger partial charge on any atom is 0.255 e. The Kier molecular flexibility index (Phi) is 3.68. The Bertz CT molecular complexity index is 1010. The number of hydrogen-bond acceptors (Lipinski definition) is 5. The van der Waals surface area contributed by atoms with Crippen LogP contribution in [-0.2, 0) is 0 Å². The first-order valence-electron chi connectivity index (χ1n) is 8.62. The number of aryl methyl sites for hydroxylation is 2. The molecule has 1 aliphatic rings. The first-order chi connectivity index (χ1) is 12.3. The number of aromatic nitrogens is 4. The minimum absolute atomic E-state index is 0.130. The normalized spacial score (nSPS) is 18.2. The summed E-state index contributed by atoms with van der Waals surface area (Å²) < 4.78 is 7.64. The molecule has 0 aliphatic carbocycles. The molecule has 134 valence electrons. The van der Waals surface area contributed by atoms with Crippen LogP contribution in [0.3, 0.4) is 0 Å². The lowest BCUT2D eigenvalue weighted by Gasteiger charge is -2.37. The van der Waals surface area contributed by atoms with Crippen molar-refractivity contribution in [1.82, 2.24) is 24.9 Å². The molecular formula is C19H21N5O2. The number of benzene rings is 1. The quantitative estimate of drug-likeness (QED) is 0.768. The third kappa shape index (κ3) is 2.79. The van der Waals surface area contributed by atoms with E-state index in [1.165, 1.54) is 0 Å². The van der Waals surface area contributed by atoms with Crippen LogP contribution in [0.25, 0.3) is 5.78 Å². The number of hydrogen-bond donors (Lipinski definition) is 1. The molecule has 0 unspecified atom stereocenters. The number of amides is 1. The van der Waals surface area contributed by atoms with Crippen molar-refractivity contribution in [1.29, 1.82) is 0 Å². The van der Waals surface area contributed by atoms with Gasteiger partial charge in [0.25, 0.3) is 11.7 Å². The van der Waals surface area contributed by atoms with E-state index in [9.17, 15) is 4.79 Å². The predicted molar refractivity (Wildman–Crippen MR) is 96.2 cm³/mol. The Hall–Kier alpha value is -2.96. The van der Waals surface area contributed by atoms with Gasteiger partial charge in [0.1, 0.15) is 17.2 Å². The van der Waals surface area contributed by atoms with E-state index in [1.54, 1.807) is 17.6 Å². The number of para-hydroxylation sites is 1. The molecule has 1 amide bonds. The minimum atomic E-state index is -0.355. The molecule has 0 spiro atoms. The lowest BCUT2D eigenvalue weighted by Crippen LogP contribution is -2.41. The van der Waals surface area contributed by atoms with E-state index in [0.29, 0.717) is 29.3 Å². The van der Waals surface area contributed by atoms with Crippen LogP contribution in [0.5, 0.6) is 5.75 Å². The van der Waals surface area contributed by atoms with Crippen molar-refractivity contribution in [3.63, 3.8) is 0 Å². The highest BCUT2D eigenvalue weighted by molar-refractivity contribution is 5.95. The van der Waals surface area contributed by atoms with Crippen molar-refractivity contribution in [3.05, 3.63) is 53.1 Å². The lowest BCUT2D eigenvalue weighted by atomic mass is 9.89. The average Bonchev–Trinajstić information content (AvgIpc) is 2.95. The molecule has 0 fully saturated rings. The molecule has 26 heavy (non-hydrogen) atoms. The van der Waals surface area contributed by atoms with Gasteiger partial charge in [-0.1, -0.05) is 18.2 Å². The summed E-state index contributed by atoms with van der Waals surface area (Å²) in [6.07, 6.45) is 2.25. The fraction of sp³-hybridized carbons (Fsp3) is 0.368. The van der Waals surface area contributed by atoms with Crippen LogP contribution in [0.1, 0.15) is 53.7 Å². The minimum Gasteiger partial charge on any atom is -0.487 e. The molecular weight excluding hydrogens is 330 g/mol. The van der Waals surface area contributed by atoms with E-state index >= 15 is 0 Å².